The molecule has 3 rings (SSSR count). The molecule has 0 fully saturated rings. The van der Waals surface area contributed by atoms with Crippen LogP contribution in [0.3, 0.4) is 0 Å². The lowest BCUT2D eigenvalue weighted by Gasteiger charge is -2.14. The van der Waals surface area contributed by atoms with E-state index in [4.69, 9.17) is 37.4 Å². The number of ether oxygens (including phenoxy) is 3. The zero-order valence-electron chi connectivity index (χ0n) is 15.5. The van der Waals surface area contributed by atoms with E-state index in [1.54, 1.807) is 50.6 Å². The average Bonchev–Trinajstić information content (AvgIpc) is 2.71. The summed E-state index contributed by atoms with van der Waals surface area (Å²) in [4.78, 5) is 12.3. The van der Waals surface area contributed by atoms with E-state index in [2.05, 4.69) is 5.10 Å². The van der Waals surface area contributed by atoms with Crippen molar-refractivity contribution in [2.75, 3.05) is 21.3 Å². The van der Waals surface area contributed by atoms with Crippen molar-refractivity contribution in [1.29, 1.82) is 0 Å². The lowest BCUT2D eigenvalue weighted by Crippen LogP contribution is -2.22. The zero-order chi connectivity index (χ0) is 20.3. The standard InChI is InChI=1S/C20H18Cl2N2O4/c1-26-17-9-13(10-18(27-2)20(17)28-3)16-6-7-19(25)24(23-16)11-12-4-5-14(21)15(22)8-12/h4-10H,11H2,1-3H3. The highest BCUT2D eigenvalue weighted by atomic mass is 35.5. The Labute approximate surface area is 172 Å². The smallest absolute Gasteiger partial charge is 0.267 e. The second kappa shape index (κ2) is 8.54. The van der Waals surface area contributed by atoms with Crippen LogP contribution in [0.4, 0.5) is 0 Å². The monoisotopic (exact) mass is 420 g/mol. The van der Waals surface area contributed by atoms with E-state index in [1.165, 1.54) is 17.9 Å². The summed E-state index contributed by atoms with van der Waals surface area (Å²) in [5.74, 6) is 1.49. The third-order valence-corrected chi connectivity index (χ3v) is 4.88. The fraction of sp³-hybridized carbons (Fsp3) is 0.200. The van der Waals surface area contributed by atoms with Crippen LogP contribution in [0.15, 0.2) is 47.3 Å². The molecule has 0 aliphatic carbocycles. The molecule has 6 nitrogen and oxygen atoms in total. The summed E-state index contributed by atoms with van der Waals surface area (Å²) >= 11 is 12.0. The first-order chi connectivity index (χ1) is 13.5. The topological polar surface area (TPSA) is 62.6 Å². The van der Waals surface area contributed by atoms with E-state index < -0.39 is 0 Å². The van der Waals surface area contributed by atoms with Crippen LogP contribution < -0.4 is 19.8 Å². The van der Waals surface area contributed by atoms with Crippen LogP contribution in [0.5, 0.6) is 17.2 Å². The molecule has 28 heavy (non-hydrogen) atoms. The molecular formula is C20H18Cl2N2O4. The molecule has 1 aromatic heterocycles. The summed E-state index contributed by atoms with van der Waals surface area (Å²) in [6, 6.07) is 11.9. The summed E-state index contributed by atoms with van der Waals surface area (Å²) in [7, 11) is 4.62. The number of rotatable bonds is 6. The summed E-state index contributed by atoms with van der Waals surface area (Å²) in [5.41, 5.74) is 1.88. The van der Waals surface area contributed by atoms with E-state index in [-0.39, 0.29) is 12.1 Å². The Hall–Kier alpha value is -2.70. The average molecular weight is 421 g/mol. The molecule has 8 heteroatoms. The van der Waals surface area contributed by atoms with Crippen LogP contribution in [-0.2, 0) is 6.54 Å². The van der Waals surface area contributed by atoms with Crippen LogP contribution in [-0.4, -0.2) is 31.1 Å². The molecule has 0 bridgehead atoms. The van der Waals surface area contributed by atoms with Gasteiger partial charge in [-0.1, -0.05) is 29.3 Å². The van der Waals surface area contributed by atoms with Gasteiger partial charge in [0.15, 0.2) is 11.5 Å². The number of hydrogen-bond donors (Lipinski definition) is 0. The lowest BCUT2D eigenvalue weighted by atomic mass is 10.1. The zero-order valence-corrected chi connectivity index (χ0v) is 17.0. The maximum Gasteiger partial charge on any atom is 0.267 e. The minimum atomic E-state index is -0.234. The lowest BCUT2D eigenvalue weighted by molar-refractivity contribution is 0.324. The third-order valence-electron chi connectivity index (χ3n) is 4.14. The number of nitrogens with zero attached hydrogens (tertiary/aromatic N) is 2. The number of halogens is 2. The SMILES string of the molecule is COc1cc(-c2ccc(=O)n(Cc3ccc(Cl)c(Cl)c3)n2)cc(OC)c1OC. The highest BCUT2D eigenvalue weighted by Crippen LogP contribution is 2.40. The molecule has 0 aliphatic heterocycles. The Kier molecular flexibility index (Phi) is 6.11. The minimum Gasteiger partial charge on any atom is -0.493 e. The van der Waals surface area contributed by atoms with Gasteiger partial charge in [-0.05, 0) is 35.9 Å². The summed E-state index contributed by atoms with van der Waals surface area (Å²) in [5, 5.41) is 5.35. The number of methoxy groups -OCH3 is 3. The van der Waals surface area contributed by atoms with Crippen LogP contribution in [0.2, 0.25) is 10.0 Å². The van der Waals surface area contributed by atoms with Gasteiger partial charge in [0.1, 0.15) is 0 Å². The number of benzene rings is 2. The molecular weight excluding hydrogens is 403 g/mol. The van der Waals surface area contributed by atoms with Gasteiger partial charge in [-0.2, -0.15) is 5.10 Å². The highest BCUT2D eigenvalue weighted by Gasteiger charge is 2.15. The van der Waals surface area contributed by atoms with E-state index >= 15 is 0 Å². The van der Waals surface area contributed by atoms with Crippen molar-refractivity contribution in [3.8, 4) is 28.5 Å². The fourth-order valence-electron chi connectivity index (χ4n) is 2.76. The second-order valence-corrected chi connectivity index (χ2v) is 6.69. The molecule has 0 atom stereocenters. The van der Waals surface area contributed by atoms with E-state index in [0.717, 1.165) is 11.1 Å². The van der Waals surface area contributed by atoms with Crippen molar-refractivity contribution in [2.45, 2.75) is 6.54 Å². The first-order valence-corrected chi connectivity index (χ1v) is 9.05. The molecule has 3 aromatic rings. The Morgan fingerprint density at radius 2 is 1.57 bits per heavy atom. The first-order valence-electron chi connectivity index (χ1n) is 8.29. The normalized spacial score (nSPS) is 10.6. The first kappa shape index (κ1) is 20.0. The van der Waals surface area contributed by atoms with Crippen molar-refractivity contribution in [2.24, 2.45) is 0 Å². The van der Waals surface area contributed by atoms with Gasteiger partial charge in [0.05, 0.1) is 43.6 Å². The fourth-order valence-corrected chi connectivity index (χ4v) is 3.08. The number of aromatic nitrogens is 2. The Bertz CT molecular complexity index is 1040. The van der Waals surface area contributed by atoms with Crippen LogP contribution >= 0.6 is 23.2 Å². The maximum atomic E-state index is 12.3. The van der Waals surface area contributed by atoms with Crippen LogP contribution in [0, 0.1) is 0 Å². The van der Waals surface area contributed by atoms with Crippen molar-refractivity contribution in [1.82, 2.24) is 9.78 Å². The minimum absolute atomic E-state index is 0.234. The largest absolute Gasteiger partial charge is 0.493 e. The Balaban J connectivity index is 2.03. The molecule has 0 amide bonds. The molecule has 0 saturated carbocycles. The van der Waals surface area contributed by atoms with E-state index in [0.29, 0.717) is 33.0 Å². The number of hydrogen-bond acceptors (Lipinski definition) is 5. The van der Waals surface area contributed by atoms with Gasteiger partial charge in [0, 0.05) is 11.6 Å². The van der Waals surface area contributed by atoms with Crippen LogP contribution in [0.1, 0.15) is 5.56 Å². The van der Waals surface area contributed by atoms with Crippen molar-refractivity contribution < 1.29 is 14.2 Å². The summed E-state index contributed by atoms with van der Waals surface area (Å²) in [6.07, 6.45) is 0. The summed E-state index contributed by atoms with van der Waals surface area (Å²) in [6.45, 7) is 0.258. The molecule has 2 aromatic carbocycles. The maximum absolute atomic E-state index is 12.3. The van der Waals surface area contributed by atoms with E-state index in [1.807, 2.05) is 0 Å². The van der Waals surface area contributed by atoms with Crippen LogP contribution in [0.25, 0.3) is 11.3 Å². The van der Waals surface area contributed by atoms with Crippen molar-refractivity contribution in [3.63, 3.8) is 0 Å². The molecule has 146 valence electrons. The summed E-state index contributed by atoms with van der Waals surface area (Å²) < 4.78 is 17.5. The molecule has 0 spiro atoms. The van der Waals surface area contributed by atoms with Gasteiger partial charge in [-0.3, -0.25) is 4.79 Å². The van der Waals surface area contributed by atoms with Gasteiger partial charge in [0.2, 0.25) is 5.75 Å². The molecule has 1 heterocycles. The molecule has 0 N–H and O–H groups in total. The van der Waals surface area contributed by atoms with Crippen molar-refractivity contribution in [3.05, 3.63) is 68.4 Å². The van der Waals surface area contributed by atoms with Crippen molar-refractivity contribution >= 4 is 23.2 Å². The predicted octanol–water partition coefficient (Wildman–Crippen LogP) is 4.29. The molecule has 0 aliphatic rings. The van der Waals surface area contributed by atoms with Gasteiger partial charge < -0.3 is 14.2 Å². The van der Waals surface area contributed by atoms with Gasteiger partial charge in [-0.25, -0.2) is 4.68 Å². The molecule has 0 unspecified atom stereocenters. The Morgan fingerprint density at radius 1 is 0.893 bits per heavy atom. The van der Waals surface area contributed by atoms with Gasteiger partial charge >= 0.3 is 0 Å². The third kappa shape index (κ3) is 4.08. The molecule has 0 radical (unpaired) electrons. The quantitative estimate of drug-likeness (QED) is 0.594. The molecule has 0 saturated heterocycles. The van der Waals surface area contributed by atoms with E-state index in [9.17, 15) is 4.79 Å². The Morgan fingerprint density at radius 3 is 2.14 bits per heavy atom. The van der Waals surface area contributed by atoms with Gasteiger partial charge in [0.25, 0.3) is 5.56 Å². The highest BCUT2D eigenvalue weighted by molar-refractivity contribution is 6.42. The van der Waals surface area contributed by atoms with Gasteiger partial charge in [-0.15, -0.1) is 0 Å². The second-order valence-electron chi connectivity index (χ2n) is 5.88. The predicted molar refractivity (Wildman–Crippen MR) is 109 cm³/mol.